The Morgan fingerprint density at radius 1 is 1.04 bits per heavy atom. The lowest BCUT2D eigenvalue weighted by atomic mass is 9.99. The summed E-state index contributed by atoms with van der Waals surface area (Å²) < 4.78 is 0. The smallest absolute Gasteiger partial charge is 0.229 e. The fourth-order valence-corrected chi connectivity index (χ4v) is 3.44. The Labute approximate surface area is 162 Å². The minimum Gasteiger partial charge on any atom is -0.409 e. The van der Waals surface area contributed by atoms with Crippen LogP contribution < -0.4 is 5.32 Å². The van der Waals surface area contributed by atoms with E-state index in [2.05, 4.69) is 16.5 Å². The van der Waals surface area contributed by atoms with Gasteiger partial charge in [-0.25, -0.2) is 0 Å². The molecule has 1 amide bonds. The number of amidine groups is 1. The molecule has 26 heavy (non-hydrogen) atoms. The third kappa shape index (κ3) is 4.99. The normalized spacial score (nSPS) is 14.3. The van der Waals surface area contributed by atoms with Crippen molar-refractivity contribution in [2.75, 3.05) is 0 Å². The maximum absolute atomic E-state index is 12.4. The number of nitrogens with one attached hydrogen (secondary N) is 1. The second kappa shape index (κ2) is 8.56. The number of benzene rings is 2. The maximum Gasteiger partial charge on any atom is 0.229 e. The average molecular weight is 391 g/mol. The van der Waals surface area contributed by atoms with Crippen LogP contribution in [-0.2, 0) is 24.1 Å². The minimum atomic E-state index is -0.232. The summed E-state index contributed by atoms with van der Waals surface area (Å²) in [5.41, 5.74) is 2.82. The molecule has 1 fully saturated rings. The molecule has 2 aromatic rings. The Kier molecular flexibility index (Phi) is 6.17. The fourth-order valence-electron chi connectivity index (χ4n) is 2.91. The molecule has 2 aromatic carbocycles. The third-order valence-corrected chi connectivity index (χ3v) is 5.19. The van der Waals surface area contributed by atoms with Crippen molar-refractivity contribution < 1.29 is 10.0 Å². The van der Waals surface area contributed by atoms with Gasteiger partial charge in [-0.2, -0.15) is 0 Å². The molecule has 0 unspecified atom stereocenters. The van der Waals surface area contributed by atoms with Crippen LogP contribution in [-0.4, -0.2) is 17.0 Å². The molecule has 0 radical (unpaired) electrons. The van der Waals surface area contributed by atoms with E-state index in [9.17, 15) is 10.0 Å². The summed E-state index contributed by atoms with van der Waals surface area (Å²) in [5.74, 6) is 0.630. The molecule has 0 aromatic heterocycles. The Hall–Kier alpha value is -2.04. The van der Waals surface area contributed by atoms with Gasteiger partial charge < -0.3 is 10.5 Å². The molecule has 1 aliphatic carbocycles. The first-order valence-electron chi connectivity index (χ1n) is 8.57. The number of hydrogen-bond acceptors (Lipinski definition) is 3. The van der Waals surface area contributed by atoms with E-state index >= 15 is 0 Å². The molecule has 3 rings (SSSR count). The molecule has 0 atom stereocenters. The fraction of sp³-hybridized carbons (Fsp3) is 0.300. The van der Waals surface area contributed by atoms with Gasteiger partial charge in [0.15, 0.2) is 5.84 Å². The van der Waals surface area contributed by atoms with Gasteiger partial charge >= 0.3 is 0 Å². The molecular formula is C20H20Cl2N2O2. The van der Waals surface area contributed by atoms with Crippen molar-refractivity contribution in [3.63, 3.8) is 0 Å². The van der Waals surface area contributed by atoms with Crippen molar-refractivity contribution in [1.82, 2.24) is 5.32 Å². The zero-order valence-electron chi connectivity index (χ0n) is 14.2. The van der Waals surface area contributed by atoms with Crippen molar-refractivity contribution in [3.8, 4) is 0 Å². The highest BCUT2D eigenvalue weighted by atomic mass is 35.5. The molecule has 136 valence electrons. The highest BCUT2D eigenvalue weighted by Crippen LogP contribution is 2.33. The third-order valence-electron chi connectivity index (χ3n) is 4.49. The summed E-state index contributed by atoms with van der Waals surface area (Å²) in [4.78, 5) is 12.4. The SMILES string of the molecule is O=C(Cc1ccccc1CC1CC1)NC(Cc1c(Cl)cccc1Cl)=NO. The van der Waals surface area contributed by atoms with Crippen LogP contribution in [0.3, 0.4) is 0 Å². The van der Waals surface area contributed by atoms with Gasteiger partial charge in [0.2, 0.25) is 5.91 Å². The Morgan fingerprint density at radius 3 is 2.31 bits per heavy atom. The molecule has 1 aliphatic rings. The monoisotopic (exact) mass is 390 g/mol. The second-order valence-electron chi connectivity index (χ2n) is 6.56. The number of carbonyl (C=O) groups is 1. The van der Waals surface area contributed by atoms with Crippen LogP contribution in [0.2, 0.25) is 10.0 Å². The van der Waals surface area contributed by atoms with E-state index in [1.165, 1.54) is 18.4 Å². The molecule has 0 aliphatic heterocycles. The number of nitrogens with zero attached hydrogens (tertiary/aromatic N) is 1. The minimum absolute atomic E-state index is 0.115. The largest absolute Gasteiger partial charge is 0.409 e. The zero-order valence-corrected chi connectivity index (χ0v) is 15.7. The first-order chi connectivity index (χ1) is 12.6. The van der Waals surface area contributed by atoms with Gasteiger partial charge in [0.05, 0.1) is 6.42 Å². The van der Waals surface area contributed by atoms with Gasteiger partial charge in [0.25, 0.3) is 0 Å². The number of carbonyl (C=O) groups excluding carboxylic acids is 1. The van der Waals surface area contributed by atoms with Gasteiger partial charge in [-0.3, -0.25) is 4.79 Å². The summed E-state index contributed by atoms with van der Waals surface area (Å²) in [6.07, 6.45) is 3.92. The van der Waals surface area contributed by atoms with E-state index in [1.54, 1.807) is 18.2 Å². The quantitative estimate of drug-likeness (QED) is 0.326. The lowest BCUT2D eigenvalue weighted by Crippen LogP contribution is -2.33. The van der Waals surface area contributed by atoms with Gasteiger partial charge in [-0.05, 0) is 54.0 Å². The van der Waals surface area contributed by atoms with Crippen molar-refractivity contribution >= 4 is 34.9 Å². The van der Waals surface area contributed by atoms with Crippen molar-refractivity contribution in [3.05, 3.63) is 69.2 Å². The zero-order chi connectivity index (χ0) is 18.5. The Balaban J connectivity index is 1.65. The van der Waals surface area contributed by atoms with Crippen LogP contribution in [0, 0.1) is 5.92 Å². The van der Waals surface area contributed by atoms with Gasteiger partial charge in [0.1, 0.15) is 0 Å². The van der Waals surface area contributed by atoms with Crippen LogP contribution in [0.4, 0.5) is 0 Å². The lowest BCUT2D eigenvalue weighted by Gasteiger charge is -2.12. The highest BCUT2D eigenvalue weighted by molar-refractivity contribution is 6.36. The van der Waals surface area contributed by atoms with Gasteiger partial charge in [-0.15, -0.1) is 0 Å². The van der Waals surface area contributed by atoms with Crippen molar-refractivity contribution in [2.24, 2.45) is 11.1 Å². The van der Waals surface area contributed by atoms with Crippen LogP contribution in [0.5, 0.6) is 0 Å². The topological polar surface area (TPSA) is 61.7 Å². The predicted octanol–water partition coefficient (Wildman–Crippen LogP) is 4.64. The van der Waals surface area contributed by atoms with Gasteiger partial charge in [-0.1, -0.05) is 58.7 Å². The summed E-state index contributed by atoms with van der Waals surface area (Å²) >= 11 is 12.3. The van der Waals surface area contributed by atoms with Crippen molar-refractivity contribution in [2.45, 2.75) is 32.1 Å². The summed E-state index contributed by atoms with van der Waals surface area (Å²) in [7, 11) is 0. The summed E-state index contributed by atoms with van der Waals surface area (Å²) in [6.45, 7) is 0. The van der Waals surface area contributed by atoms with E-state index in [4.69, 9.17) is 23.2 Å². The Bertz CT molecular complexity index is 812. The molecule has 0 heterocycles. The number of hydrogen-bond donors (Lipinski definition) is 2. The molecule has 4 nitrogen and oxygen atoms in total. The maximum atomic E-state index is 12.4. The van der Waals surface area contributed by atoms with E-state index in [0.717, 1.165) is 17.9 Å². The number of rotatable bonds is 6. The molecule has 0 saturated heterocycles. The van der Waals surface area contributed by atoms with E-state index in [0.29, 0.717) is 15.6 Å². The van der Waals surface area contributed by atoms with Crippen LogP contribution in [0.1, 0.15) is 29.5 Å². The molecule has 2 N–H and O–H groups in total. The Morgan fingerprint density at radius 2 is 1.69 bits per heavy atom. The number of oxime groups is 1. The first kappa shape index (κ1) is 18.7. The highest BCUT2D eigenvalue weighted by Gasteiger charge is 2.23. The van der Waals surface area contributed by atoms with E-state index in [1.807, 2.05) is 18.2 Å². The molecule has 0 spiro atoms. The summed E-state index contributed by atoms with van der Waals surface area (Å²) in [6, 6.07) is 13.1. The predicted molar refractivity (Wildman–Crippen MR) is 104 cm³/mol. The second-order valence-corrected chi connectivity index (χ2v) is 7.38. The van der Waals surface area contributed by atoms with E-state index < -0.39 is 0 Å². The molecular weight excluding hydrogens is 371 g/mol. The van der Waals surface area contributed by atoms with Crippen molar-refractivity contribution in [1.29, 1.82) is 0 Å². The molecule has 0 bridgehead atoms. The average Bonchev–Trinajstić information content (AvgIpc) is 3.43. The van der Waals surface area contributed by atoms with Crippen LogP contribution in [0.25, 0.3) is 0 Å². The molecule has 1 saturated carbocycles. The number of amides is 1. The van der Waals surface area contributed by atoms with E-state index in [-0.39, 0.29) is 24.6 Å². The van der Waals surface area contributed by atoms with Crippen LogP contribution in [0.15, 0.2) is 47.6 Å². The first-order valence-corrected chi connectivity index (χ1v) is 9.33. The van der Waals surface area contributed by atoms with Gasteiger partial charge in [0, 0.05) is 16.5 Å². The number of halogens is 2. The standard InChI is InChI=1S/C20H20Cl2N2O2/c21-17-6-3-7-18(22)16(17)12-19(24-26)23-20(25)11-15-5-2-1-4-14(15)10-13-8-9-13/h1-7,13,26H,8-12H2,(H,23,24,25). The molecule has 6 heteroatoms. The lowest BCUT2D eigenvalue weighted by molar-refractivity contribution is -0.119. The summed E-state index contributed by atoms with van der Waals surface area (Å²) in [5, 5.41) is 16.0. The van der Waals surface area contributed by atoms with Crippen LogP contribution >= 0.6 is 23.2 Å².